The summed E-state index contributed by atoms with van der Waals surface area (Å²) in [7, 11) is -2.68. The van der Waals surface area contributed by atoms with E-state index in [1.807, 2.05) is 12.1 Å². The van der Waals surface area contributed by atoms with Crippen LogP contribution in [0.25, 0.3) is 0 Å². The zero-order valence-electron chi connectivity index (χ0n) is 16.9. The molecule has 5 nitrogen and oxygen atoms in total. The van der Waals surface area contributed by atoms with Gasteiger partial charge in [-0.1, -0.05) is 81.4 Å². The van der Waals surface area contributed by atoms with Crippen LogP contribution in [0, 0.1) is 0 Å². The van der Waals surface area contributed by atoms with Crippen molar-refractivity contribution in [3.05, 3.63) is 73.0 Å². The number of hydrogen-bond acceptors (Lipinski definition) is 5. The highest BCUT2D eigenvalue weighted by Crippen LogP contribution is 2.37. The highest BCUT2D eigenvalue weighted by molar-refractivity contribution is 6.99. The zero-order chi connectivity index (χ0) is 20.5. The number of carbonyl (C=O) groups excluding carboxylic acids is 1. The summed E-state index contributed by atoms with van der Waals surface area (Å²) in [5.74, 6) is 0. The van der Waals surface area contributed by atoms with E-state index < -0.39 is 32.8 Å². The normalized spacial score (nSPS) is 23.7. The van der Waals surface area contributed by atoms with Crippen molar-refractivity contribution in [2.75, 3.05) is 6.61 Å². The predicted octanol–water partition coefficient (Wildman–Crippen LogP) is 3.38. The van der Waals surface area contributed by atoms with Gasteiger partial charge in [-0.25, -0.2) is 4.79 Å². The Labute approximate surface area is 172 Å². The first-order chi connectivity index (χ1) is 13.9. The summed E-state index contributed by atoms with van der Waals surface area (Å²) in [6, 6.07) is 20.8. The number of hydrogen-bond donors (Lipinski definition) is 0. The van der Waals surface area contributed by atoms with Crippen molar-refractivity contribution in [2.45, 2.75) is 44.1 Å². The summed E-state index contributed by atoms with van der Waals surface area (Å²) in [5.41, 5.74) is 0. The molecule has 2 heterocycles. The average molecular weight is 411 g/mol. The predicted molar refractivity (Wildman–Crippen MR) is 113 cm³/mol. The van der Waals surface area contributed by atoms with Gasteiger partial charge in [0.25, 0.3) is 8.32 Å². The molecular formula is C23H26O5Si. The Kier molecular flexibility index (Phi) is 5.23. The fourth-order valence-corrected chi connectivity index (χ4v) is 8.79. The maximum Gasteiger partial charge on any atom is 0.509 e. The monoisotopic (exact) mass is 410 g/mol. The second kappa shape index (κ2) is 7.69. The standard InChI is InChI=1S/C23H26O5Si/c1-23(2,3)29(17-10-6-4-7-11-17,18-12-8-5-9-13-18)26-16-20-21-19(14-15-25-20)27-22(24)28-21/h4-15,19-21H,16H2,1-3H3/t19-,20-,21-/m1/s1. The highest BCUT2D eigenvalue weighted by atomic mass is 28.4. The first-order valence-electron chi connectivity index (χ1n) is 9.86. The summed E-state index contributed by atoms with van der Waals surface area (Å²) >= 11 is 0. The van der Waals surface area contributed by atoms with Crippen molar-refractivity contribution >= 4 is 24.8 Å². The molecule has 6 heteroatoms. The molecule has 0 aliphatic carbocycles. The van der Waals surface area contributed by atoms with E-state index >= 15 is 0 Å². The molecule has 0 amide bonds. The lowest BCUT2D eigenvalue weighted by molar-refractivity contribution is -0.0274. The van der Waals surface area contributed by atoms with Crippen molar-refractivity contribution in [1.82, 2.24) is 0 Å². The molecule has 2 aromatic carbocycles. The lowest BCUT2D eigenvalue weighted by Crippen LogP contribution is -2.67. The van der Waals surface area contributed by atoms with E-state index in [1.165, 1.54) is 10.4 Å². The number of rotatable bonds is 5. The molecule has 4 rings (SSSR count). The van der Waals surface area contributed by atoms with Gasteiger partial charge in [0.2, 0.25) is 0 Å². The highest BCUT2D eigenvalue weighted by Gasteiger charge is 2.52. The molecular weight excluding hydrogens is 384 g/mol. The van der Waals surface area contributed by atoms with E-state index in [0.29, 0.717) is 6.61 Å². The lowest BCUT2D eigenvalue weighted by Gasteiger charge is -2.44. The second-order valence-electron chi connectivity index (χ2n) is 8.39. The maximum atomic E-state index is 11.6. The van der Waals surface area contributed by atoms with Gasteiger partial charge in [-0.15, -0.1) is 0 Å². The lowest BCUT2D eigenvalue weighted by atomic mass is 10.1. The molecule has 152 valence electrons. The summed E-state index contributed by atoms with van der Waals surface area (Å²) in [6.07, 6.45) is 1.27. The number of fused-ring (bicyclic) bond motifs is 1. The second-order valence-corrected chi connectivity index (χ2v) is 12.7. The molecule has 0 bridgehead atoms. The van der Waals surface area contributed by atoms with E-state index in [-0.39, 0.29) is 5.04 Å². The van der Waals surface area contributed by atoms with Crippen LogP contribution in [-0.2, 0) is 18.6 Å². The molecule has 0 saturated carbocycles. The van der Waals surface area contributed by atoms with Gasteiger partial charge in [-0.3, -0.25) is 0 Å². The molecule has 2 aromatic rings. The van der Waals surface area contributed by atoms with E-state index in [0.717, 1.165) is 0 Å². The Hall–Kier alpha value is -2.57. The minimum atomic E-state index is -2.68. The first kappa shape index (κ1) is 19.7. The van der Waals surface area contributed by atoms with Gasteiger partial charge in [0.05, 0.1) is 12.9 Å². The first-order valence-corrected chi connectivity index (χ1v) is 11.8. The van der Waals surface area contributed by atoms with E-state index in [9.17, 15) is 4.79 Å². The minimum Gasteiger partial charge on any atom is -0.492 e. The number of ether oxygens (including phenoxy) is 3. The fourth-order valence-electron chi connectivity index (χ4n) is 4.22. The van der Waals surface area contributed by atoms with Crippen molar-refractivity contribution in [3.63, 3.8) is 0 Å². The Morgan fingerprint density at radius 1 is 0.931 bits per heavy atom. The molecule has 29 heavy (non-hydrogen) atoms. The SMILES string of the molecule is CC(C)(C)[Si](OC[C@H]1OC=C[C@H]2OC(=O)O[C@H]21)(c1ccccc1)c1ccccc1. The van der Waals surface area contributed by atoms with Crippen LogP contribution < -0.4 is 10.4 Å². The van der Waals surface area contributed by atoms with Gasteiger partial charge in [-0.2, -0.15) is 0 Å². The molecule has 2 aliphatic heterocycles. The van der Waals surface area contributed by atoms with Crippen LogP contribution in [0.5, 0.6) is 0 Å². The fraction of sp³-hybridized carbons (Fsp3) is 0.348. The van der Waals surface area contributed by atoms with E-state index in [2.05, 4.69) is 69.3 Å². The molecule has 0 radical (unpaired) electrons. The van der Waals surface area contributed by atoms with Crippen LogP contribution in [0.15, 0.2) is 73.0 Å². The van der Waals surface area contributed by atoms with Gasteiger partial charge in [0.15, 0.2) is 18.3 Å². The molecule has 0 spiro atoms. The Morgan fingerprint density at radius 2 is 1.52 bits per heavy atom. The van der Waals surface area contributed by atoms with Crippen LogP contribution in [0.2, 0.25) is 5.04 Å². The maximum absolute atomic E-state index is 11.6. The molecule has 2 aliphatic rings. The van der Waals surface area contributed by atoms with Crippen LogP contribution in [0.3, 0.4) is 0 Å². The van der Waals surface area contributed by atoms with Crippen LogP contribution in [0.1, 0.15) is 20.8 Å². The van der Waals surface area contributed by atoms with Gasteiger partial charge >= 0.3 is 6.16 Å². The van der Waals surface area contributed by atoms with Crippen molar-refractivity contribution in [3.8, 4) is 0 Å². The van der Waals surface area contributed by atoms with E-state index in [4.69, 9.17) is 18.6 Å². The summed E-state index contributed by atoms with van der Waals surface area (Å²) < 4.78 is 23.2. The third-order valence-corrected chi connectivity index (χ3v) is 10.6. The third-order valence-electron chi connectivity index (χ3n) is 5.56. The molecule has 3 atom stereocenters. The van der Waals surface area contributed by atoms with Gasteiger partial charge in [0, 0.05) is 0 Å². The molecule has 1 saturated heterocycles. The average Bonchev–Trinajstić information content (AvgIpc) is 3.10. The quantitative estimate of drug-likeness (QED) is 0.559. The molecule has 0 N–H and O–H groups in total. The summed E-state index contributed by atoms with van der Waals surface area (Å²) in [6.45, 7) is 6.97. The Bertz CT molecular complexity index is 836. The zero-order valence-corrected chi connectivity index (χ0v) is 17.9. The van der Waals surface area contributed by atoms with Gasteiger partial charge < -0.3 is 18.6 Å². The van der Waals surface area contributed by atoms with Crippen molar-refractivity contribution in [1.29, 1.82) is 0 Å². The number of benzene rings is 2. The minimum absolute atomic E-state index is 0.136. The Morgan fingerprint density at radius 3 is 2.07 bits per heavy atom. The van der Waals surface area contributed by atoms with Crippen LogP contribution in [0.4, 0.5) is 4.79 Å². The van der Waals surface area contributed by atoms with E-state index in [1.54, 1.807) is 12.3 Å². The molecule has 0 aromatic heterocycles. The summed E-state index contributed by atoms with van der Waals surface area (Å²) in [5, 5.41) is 2.25. The summed E-state index contributed by atoms with van der Waals surface area (Å²) in [4.78, 5) is 11.6. The van der Waals surface area contributed by atoms with Gasteiger partial charge in [-0.05, 0) is 21.5 Å². The van der Waals surface area contributed by atoms with Crippen molar-refractivity contribution in [2.24, 2.45) is 0 Å². The molecule has 1 fully saturated rings. The smallest absolute Gasteiger partial charge is 0.492 e. The van der Waals surface area contributed by atoms with Crippen LogP contribution >= 0.6 is 0 Å². The van der Waals surface area contributed by atoms with Crippen LogP contribution in [-0.4, -0.2) is 39.4 Å². The number of carbonyl (C=O) groups is 1. The largest absolute Gasteiger partial charge is 0.509 e. The third kappa shape index (κ3) is 3.58. The van der Waals surface area contributed by atoms with Gasteiger partial charge in [0.1, 0.15) is 0 Å². The molecule has 0 unspecified atom stereocenters. The Balaban J connectivity index is 1.71. The van der Waals surface area contributed by atoms with Crippen molar-refractivity contribution < 1.29 is 23.4 Å². The topological polar surface area (TPSA) is 54.0 Å².